The summed E-state index contributed by atoms with van der Waals surface area (Å²) in [7, 11) is -2.17. The van der Waals surface area contributed by atoms with Crippen LogP contribution < -0.4 is 4.90 Å². The van der Waals surface area contributed by atoms with Crippen LogP contribution in [0.4, 0.5) is 5.13 Å². The third-order valence-corrected chi connectivity index (χ3v) is 9.38. The van der Waals surface area contributed by atoms with E-state index in [-0.39, 0.29) is 17.3 Å². The number of sulfonamides is 1. The zero-order valence-corrected chi connectivity index (χ0v) is 23.7. The molecule has 198 valence electrons. The summed E-state index contributed by atoms with van der Waals surface area (Å²) in [5.41, 5.74) is 5.35. The molecule has 0 bridgehead atoms. The quantitative estimate of drug-likeness (QED) is 0.217. The van der Waals surface area contributed by atoms with E-state index in [0.29, 0.717) is 17.2 Å². The van der Waals surface area contributed by atoms with Crippen molar-refractivity contribution in [3.63, 3.8) is 0 Å². The lowest BCUT2D eigenvalue weighted by molar-refractivity contribution is 0.0985. The second kappa shape index (κ2) is 11.1. The lowest BCUT2D eigenvalue weighted by Crippen LogP contribution is -2.30. The standard InChI is InChI=1S/C31H29N3O3S2/c1-22-18-23(2)29-28(19-22)38-31(32-29)34(21-25-12-8-5-9-13-25)30(35)26-14-16-27(17-15-26)39(36,37)33(3)20-24-10-6-4-7-11-24/h4-19H,20-21H2,1-3H3. The Kier molecular flexibility index (Phi) is 7.61. The van der Waals surface area contributed by atoms with Crippen LogP contribution in [0.1, 0.15) is 32.6 Å². The van der Waals surface area contributed by atoms with Crippen LogP contribution in [0.2, 0.25) is 0 Å². The molecule has 0 aliphatic rings. The Morgan fingerprint density at radius 1 is 0.821 bits per heavy atom. The molecule has 1 aromatic heterocycles. The van der Waals surface area contributed by atoms with E-state index in [1.54, 1.807) is 24.1 Å². The zero-order chi connectivity index (χ0) is 27.6. The van der Waals surface area contributed by atoms with Gasteiger partial charge < -0.3 is 0 Å². The summed E-state index contributed by atoms with van der Waals surface area (Å²) in [4.78, 5) is 20.5. The molecule has 0 radical (unpaired) electrons. The fourth-order valence-electron chi connectivity index (χ4n) is 4.50. The first-order valence-electron chi connectivity index (χ1n) is 12.6. The lowest BCUT2D eigenvalue weighted by Gasteiger charge is -2.21. The summed E-state index contributed by atoms with van der Waals surface area (Å²) in [6, 6.07) is 29.5. The molecule has 5 aromatic rings. The van der Waals surface area contributed by atoms with Crippen molar-refractivity contribution in [2.24, 2.45) is 0 Å². The Morgan fingerprint density at radius 2 is 1.41 bits per heavy atom. The highest BCUT2D eigenvalue weighted by Crippen LogP contribution is 2.33. The van der Waals surface area contributed by atoms with Crippen LogP contribution in [-0.4, -0.2) is 30.7 Å². The number of carbonyl (C=O) groups excluding carboxylic acids is 1. The predicted molar refractivity (Wildman–Crippen MR) is 158 cm³/mol. The van der Waals surface area contributed by atoms with Crippen LogP contribution in [0, 0.1) is 13.8 Å². The number of benzene rings is 4. The van der Waals surface area contributed by atoms with Gasteiger partial charge in [-0.2, -0.15) is 4.31 Å². The number of fused-ring (bicyclic) bond motifs is 1. The third-order valence-electron chi connectivity index (χ3n) is 6.54. The number of anilines is 1. The Hall–Kier alpha value is -3.85. The highest BCUT2D eigenvalue weighted by Gasteiger charge is 2.25. The van der Waals surface area contributed by atoms with Crippen LogP contribution in [0.5, 0.6) is 0 Å². The maximum atomic E-state index is 13.8. The Bertz CT molecular complexity index is 1720. The van der Waals surface area contributed by atoms with Crippen molar-refractivity contribution in [3.8, 4) is 0 Å². The first-order chi connectivity index (χ1) is 18.7. The van der Waals surface area contributed by atoms with Crippen molar-refractivity contribution in [2.45, 2.75) is 31.8 Å². The summed E-state index contributed by atoms with van der Waals surface area (Å²) >= 11 is 1.48. The van der Waals surface area contributed by atoms with Crippen molar-refractivity contribution in [1.82, 2.24) is 9.29 Å². The van der Waals surface area contributed by atoms with Crippen LogP contribution in [0.15, 0.2) is 102 Å². The molecule has 0 spiro atoms. The molecule has 0 saturated carbocycles. The number of hydrogen-bond acceptors (Lipinski definition) is 5. The SMILES string of the molecule is Cc1cc(C)c2nc(N(Cc3ccccc3)C(=O)c3ccc(S(=O)(=O)N(C)Cc4ccccc4)cc3)sc2c1. The maximum Gasteiger partial charge on any atom is 0.260 e. The number of nitrogens with zero attached hydrogens (tertiary/aromatic N) is 3. The van der Waals surface area contributed by atoms with Gasteiger partial charge in [0.2, 0.25) is 10.0 Å². The lowest BCUT2D eigenvalue weighted by atomic mass is 10.1. The molecule has 6 nitrogen and oxygen atoms in total. The molecule has 0 atom stereocenters. The smallest absolute Gasteiger partial charge is 0.260 e. The second-order valence-corrected chi connectivity index (χ2v) is 12.6. The van der Waals surface area contributed by atoms with E-state index in [4.69, 9.17) is 4.98 Å². The van der Waals surface area contributed by atoms with Gasteiger partial charge in [-0.3, -0.25) is 9.69 Å². The molecule has 0 saturated heterocycles. The number of rotatable bonds is 8. The van der Waals surface area contributed by atoms with E-state index >= 15 is 0 Å². The van der Waals surface area contributed by atoms with Gasteiger partial charge >= 0.3 is 0 Å². The third kappa shape index (κ3) is 5.78. The predicted octanol–water partition coefficient (Wildman–Crippen LogP) is 6.58. The molecule has 8 heteroatoms. The van der Waals surface area contributed by atoms with Gasteiger partial charge in [0, 0.05) is 19.2 Å². The van der Waals surface area contributed by atoms with Gasteiger partial charge in [0.15, 0.2) is 5.13 Å². The van der Waals surface area contributed by atoms with Gasteiger partial charge in [-0.25, -0.2) is 13.4 Å². The van der Waals surface area contributed by atoms with E-state index in [9.17, 15) is 13.2 Å². The topological polar surface area (TPSA) is 70.6 Å². The Labute approximate surface area is 233 Å². The molecule has 0 unspecified atom stereocenters. The first kappa shape index (κ1) is 26.7. The molecule has 39 heavy (non-hydrogen) atoms. The average Bonchev–Trinajstić information content (AvgIpc) is 3.36. The van der Waals surface area contributed by atoms with Gasteiger partial charge in [0.05, 0.1) is 21.7 Å². The Morgan fingerprint density at radius 3 is 2.03 bits per heavy atom. The number of thiazole rings is 1. The minimum absolute atomic E-state index is 0.137. The minimum Gasteiger partial charge on any atom is -0.279 e. The van der Waals surface area contributed by atoms with E-state index < -0.39 is 10.0 Å². The maximum absolute atomic E-state index is 13.8. The fourth-order valence-corrected chi connectivity index (χ4v) is 6.80. The number of amides is 1. The van der Waals surface area contributed by atoms with Gasteiger partial charge in [0.25, 0.3) is 5.91 Å². The number of aromatic nitrogens is 1. The van der Waals surface area contributed by atoms with Crippen LogP contribution in [-0.2, 0) is 23.1 Å². The van der Waals surface area contributed by atoms with Gasteiger partial charge in [0.1, 0.15) is 0 Å². The molecule has 1 amide bonds. The van der Waals surface area contributed by atoms with Gasteiger partial charge in [-0.15, -0.1) is 0 Å². The van der Waals surface area contributed by atoms with Crippen LogP contribution in [0.25, 0.3) is 10.2 Å². The van der Waals surface area contributed by atoms with Crippen molar-refractivity contribution < 1.29 is 13.2 Å². The molecule has 4 aromatic carbocycles. The zero-order valence-electron chi connectivity index (χ0n) is 22.0. The van der Waals surface area contributed by atoms with Crippen LogP contribution in [0.3, 0.4) is 0 Å². The average molecular weight is 556 g/mol. The van der Waals surface area contributed by atoms with Crippen molar-refractivity contribution in [3.05, 3.63) is 125 Å². The monoisotopic (exact) mass is 555 g/mol. The van der Waals surface area contributed by atoms with E-state index in [1.807, 2.05) is 74.5 Å². The molecule has 0 N–H and O–H groups in total. The summed E-state index contributed by atoms with van der Waals surface area (Å²) in [6.07, 6.45) is 0. The molecule has 0 aliphatic heterocycles. The minimum atomic E-state index is -3.73. The van der Waals surface area contributed by atoms with Gasteiger partial charge in [-0.05, 0) is 66.4 Å². The summed E-state index contributed by atoms with van der Waals surface area (Å²) in [6.45, 7) is 4.67. The fraction of sp³-hybridized carbons (Fsp3) is 0.161. The van der Waals surface area contributed by atoms with E-state index in [2.05, 4.69) is 12.1 Å². The van der Waals surface area contributed by atoms with Crippen molar-refractivity contribution in [2.75, 3.05) is 11.9 Å². The molecule has 0 fully saturated rings. The Balaban J connectivity index is 1.45. The number of aryl methyl sites for hydroxylation is 2. The highest BCUT2D eigenvalue weighted by molar-refractivity contribution is 7.89. The summed E-state index contributed by atoms with van der Waals surface area (Å²) in [5, 5.41) is 0.604. The van der Waals surface area contributed by atoms with Crippen molar-refractivity contribution >= 4 is 42.6 Å². The second-order valence-electron chi connectivity index (χ2n) is 9.57. The normalized spacial score (nSPS) is 11.7. The van der Waals surface area contributed by atoms with Gasteiger partial charge in [-0.1, -0.05) is 78.1 Å². The van der Waals surface area contributed by atoms with E-state index in [1.165, 1.54) is 27.8 Å². The molecule has 0 aliphatic carbocycles. The molecular formula is C31H29N3O3S2. The van der Waals surface area contributed by atoms with Crippen molar-refractivity contribution in [1.29, 1.82) is 0 Å². The molecule has 1 heterocycles. The summed E-state index contributed by atoms with van der Waals surface area (Å²) < 4.78 is 28.7. The molecule has 5 rings (SSSR count). The first-order valence-corrected chi connectivity index (χ1v) is 14.8. The molecular weight excluding hydrogens is 526 g/mol. The largest absolute Gasteiger partial charge is 0.279 e. The number of hydrogen-bond donors (Lipinski definition) is 0. The van der Waals surface area contributed by atoms with E-state index in [0.717, 1.165) is 32.5 Å². The summed E-state index contributed by atoms with van der Waals surface area (Å²) in [5.74, 6) is -0.242. The van der Waals surface area contributed by atoms with Crippen LogP contribution >= 0.6 is 11.3 Å². The number of carbonyl (C=O) groups is 1. The highest BCUT2D eigenvalue weighted by atomic mass is 32.2.